The van der Waals surface area contributed by atoms with Crippen molar-refractivity contribution in [1.29, 1.82) is 0 Å². The smallest absolute Gasteiger partial charge is 0.251 e. The SMILES string of the molecule is CNC(=O)c1ccc(S(=O)(=O)N[C@H](C)C(C)C)cc1. The molecule has 1 aromatic rings. The van der Waals surface area contributed by atoms with E-state index in [4.69, 9.17) is 0 Å². The van der Waals surface area contributed by atoms with E-state index in [1.165, 1.54) is 31.3 Å². The summed E-state index contributed by atoms with van der Waals surface area (Å²) in [6.45, 7) is 5.71. The Kier molecular flexibility index (Phi) is 5.08. The Hall–Kier alpha value is -1.40. The molecule has 1 aromatic carbocycles. The first-order chi connectivity index (χ1) is 8.77. The van der Waals surface area contributed by atoms with Crippen LogP contribution in [0, 0.1) is 5.92 Å². The number of hydrogen-bond acceptors (Lipinski definition) is 3. The van der Waals surface area contributed by atoms with E-state index in [2.05, 4.69) is 10.0 Å². The maximum Gasteiger partial charge on any atom is 0.251 e. The van der Waals surface area contributed by atoms with Crippen LogP contribution in [0.25, 0.3) is 0 Å². The average Bonchev–Trinajstić information content (AvgIpc) is 2.37. The molecule has 1 atom stereocenters. The molecule has 0 radical (unpaired) electrons. The molecule has 0 saturated carbocycles. The molecule has 1 amide bonds. The quantitative estimate of drug-likeness (QED) is 0.857. The second kappa shape index (κ2) is 6.16. The molecule has 0 saturated heterocycles. The summed E-state index contributed by atoms with van der Waals surface area (Å²) < 4.78 is 26.8. The summed E-state index contributed by atoms with van der Waals surface area (Å²) in [5.41, 5.74) is 0.429. The molecule has 0 aliphatic heterocycles. The minimum absolute atomic E-state index is 0.149. The van der Waals surface area contributed by atoms with Crippen molar-refractivity contribution in [1.82, 2.24) is 10.0 Å². The standard InChI is InChI=1S/C13H20N2O3S/c1-9(2)10(3)15-19(17,18)12-7-5-11(6-8-12)13(16)14-4/h5-10,15H,1-4H3,(H,14,16)/t10-/m1/s1. The van der Waals surface area contributed by atoms with Crippen molar-refractivity contribution in [2.45, 2.75) is 31.7 Å². The van der Waals surface area contributed by atoms with E-state index in [9.17, 15) is 13.2 Å². The highest BCUT2D eigenvalue weighted by Gasteiger charge is 2.19. The zero-order chi connectivity index (χ0) is 14.6. The van der Waals surface area contributed by atoms with Crippen molar-refractivity contribution in [3.05, 3.63) is 29.8 Å². The fourth-order valence-electron chi connectivity index (χ4n) is 1.38. The second-order valence-electron chi connectivity index (χ2n) is 4.76. The van der Waals surface area contributed by atoms with Gasteiger partial charge in [-0.1, -0.05) is 13.8 Å². The molecule has 0 aliphatic carbocycles. The normalized spacial score (nSPS) is 13.3. The zero-order valence-corrected chi connectivity index (χ0v) is 12.4. The number of carbonyl (C=O) groups is 1. The van der Waals surface area contributed by atoms with Gasteiger partial charge in [-0.15, -0.1) is 0 Å². The van der Waals surface area contributed by atoms with Gasteiger partial charge in [0.25, 0.3) is 5.91 Å². The van der Waals surface area contributed by atoms with E-state index in [0.717, 1.165) is 0 Å². The van der Waals surface area contributed by atoms with Gasteiger partial charge >= 0.3 is 0 Å². The Morgan fingerprint density at radius 3 is 2.05 bits per heavy atom. The van der Waals surface area contributed by atoms with E-state index in [1.807, 2.05) is 20.8 Å². The van der Waals surface area contributed by atoms with Crippen LogP contribution in [0.5, 0.6) is 0 Å². The van der Waals surface area contributed by atoms with Crippen LogP contribution in [0.3, 0.4) is 0 Å². The van der Waals surface area contributed by atoms with Gasteiger partial charge in [0.2, 0.25) is 10.0 Å². The van der Waals surface area contributed by atoms with Gasteiger partial charge in [-0.3, -0.25) is 4.79 Å². The van der Waals surface area contributed by atoms with Gasteiger partial charge in [-0.2, -0.15) is 0 Å². The Bertz CT molecular complexity index is 536. The molecule has 5 nitrogen and oxygen atoms in total. The molecule has 0 aliphatic rings. The lowest BCUT2D eigenvalue weighted by molar-refractivity contribution is 0.0963. The predicted octanol–water partition coefficient (Wildman–Crippen LogP) is 1.37. The summed E-state index contributed by atoms with van der Waals surface area (Å²) in [5.74, 6) is -0.0348. The van der Waals surface area contributed by atoms with E-state index in [1.54, 1.807) is 0 Å². The number of nitrogens with one attached hydrogen (secondary N) is 2. The molecule has 2 N–H and O–H groups in total. The molecule has 0 bridgehead atoms. The van der Waals surface area contributed by atoms with Gasteiger partial charge in [0.15, 0.2) is 0 Å². The van der Waals surface area contributed by atoms with Crippen molar-refractivity contribution >= 4 is 15.9 Å². The second-order valence-corrected chi connectivity index (χ2v) is 6.47. The molecule has 0 fully saturated rings. The van der Waals surface area contributed by atoms with Crippen molar-refractivity contribution in [3.63, 3.8) is 0 Å². The fourth-order valence-corrected chi connectivity index (χ4v) is 2.77. The molecule has 106 valence electrons. The van der Waals surface area contributed by atoms with Gasteiger partial charge in [-0.05, 0) is 37.1 Å². The molecule has 0 heterocycles. The first kappa shape index (κ1) is 15.7. The Balaban J connectivity index is 2.94. The minimum atomic E-state index is -3.54. The lowest BCUT2D eigenvalue weighted by Gasteiger charge is -2.17. The maximum atomic E-state index is 12.1. The number of carbonyl (C=O) groups excluding carboxylic acids is 1. The lowest BCUT2D eigenvalue weighted by Crippen LogP contribution is -2.36. The number of hydrogen-bond donors (Lipinski definition) is 2. The van der Waals surface area contributed by atoms with Gasteiger partial charge in [0.05, 0.1) is 4.90 Å². The molecule has 1 rings (SSSR count). The van der Waals surface area contributed by atoms with Crippen LogP contribution in [0.15, 0.2) is 29.2 Å². The van der Waals surface area contributed by atoms with Gasteiger partial charge in [0, 0.05) is 18.7 Å². The van der Waals surface area contributed by atoms with Crippen LogP contribution >= 0.6 is 0 Å². The molecular formula is C13H20N2O3S. The third kappa shape index (κ3) is 4.04. The largest absolute Gasteiger partial charge is 0.355 e. The summed E-state index contributed by atoms with van der Waals surface area (Å²) in [6, 6.07) is 5.70. The van der Waals surface area contributed by atoms with Crippen LogP contribution in [0.1, 0.15) is 31.1 Å². The summed E-state index contributed by atoms with van der Waals surface area (Å²) in [4.78, 5) is 11.5. The van der Waals surface area contributed by atoms with Crippen LogP contribution in [-0.2, 0) is 10.0 Å². The molecule has 0 spiro atoms. The highest BCUT2D eigenvalue weighted by atomic mass is 32.2. The molecule has 0 unspecified atom stereocenters. The van der Waals surface area contributed by atoms with Gasteiger partial charge in [-0.25, -0.2) is 13.1 Å². The average molecular weight is 284 g/mol. The third-order valence-corrected chi connectivity index (χ3v) is 4.57. The molecule has 0 aromatic heterocycles. The summed E-state index contributed by atoms with van der Waals surface area (Å²) >= 11 is 0. The van der Waals surface area contributed by atoms with E-state index < -0.39 is 10.0 Å². The van der Waals surface area contributed by atoms with Crippen LogP contribution in [0.2, 0.25) is 0 Å². The summed E-state index contributed by atoms with van der Waals surface area (Å²) in [7, 11) is -2.01. The third-order valence-electron chi connectivity index (χ3n) is 2.99. The Labute approximate surface area is 114 Å². The molecular weight excluding hydrogens is 264 g/mol. The van der Waals surface area contributed by atoms with Gasteiger partial charge < -0.3 is 5.32 Å². The molecule has 19 heavy (non-hydrogen) atoms. The number of sulfonamides is 1. The number of rotatable bonds is 5. The van der Waals surface area contributed by atoms with Crippen LogP contribution in [0.4, 0.5) is 0 Å². The van der Waals surface area contributed by atoms with Crippen molar-refractivity contribution in [2.24, 2.45) is 5.92 Å². The highest BCUT2D eigenvalue weighted by Crippen LogP contribution is 2.12. The monoisotopic (exact) mass is 284 g/mol. The van der Waals surface area contributed by atoms with Crippen molar-refractivity contribution in [3.8, 4) is 0 Å². The fraction of sp³-hybridized carbons (Fsp3) is 0.462. The number of benzene rings is 1. The Morgan fingerprint density at radius 1 is 1.11 bits per heavy atom. The number of amides is 1. The van der Waals surface area contributed by atoms with Crippen LogP contribution in [-0.4, -0.2) is 27.4 Å². The van der Waals surface area contributed by atoms with Crippen LogP contribution < -0.4 is 10.0 Å². The molecule has 6 heteroatoms. The minimum Gasteiger partial charge on any atom is -0.355 e. The van der Waals surface area contributed by atoms with E-state index in [0.29, 0.717) is 5.56 Å². The highest BCUT2D eigenvalue weighted by molar-refractivity contribution is 7.89. The van der Waals surface area contributed by atoms with Crippen molar-refractivity contribution < 1.29 is 13.2 Å². The Morgan fingerprint density at radius 2 is 1.63 bits per heavy atom. The summed E-state index contributed by atoms with van der Waals surface area (Å²) in [6.07, 6.45) is 0. The first-order valence-electron chi connectivity index (χ1n) is 6.12. The zero-order valence-electron chi connectivity index (χ0n) is 11.6. The van der Waals surface area contributed by atoms with Gasteiger partial charge in [0.1, 0.15) is 0 Å². The van der Waals surface area contributed by atoms with E-state index in [-0.39, 0.29) is 22.8 Å². The predicted molar refractivity (Wildman–Crippen MR) is 74.5 cm³/mol. The van der Waals surface area contributed by atoms with Crippen molar-refractivity contribution in [2.75, 3.05) is 7.05 Å². The first-order valence-corrected chi connectivity index (χ1v) is 7.60. The lowest BCUT2D eigenvalue weighted by atomic mass is 10.1. The topological polar surface area (TPSA) is 75.3 Å². The maximum absolute atomic E-state index is 12.1. The summed E-state index contributed by atoms with van der Waals surface area (Å²) in [5, 5.41) is 2.48. The van der Waals surface area contributed by atoms with E-state index >= 15 is 0 Å².